The van der Waals surface area contributed by atoms with E-state index in [-0.39, 0.29) is 18.1 Å². The van der Waals surface area contributed by atoms with Gasteiger partial charge in [0.15, 0.2) is 0 Å². The van der Waals surface area contributed by atoms with Crippen LogP contribution in [0.5, 0.6) is 5.75 Å². The molecule has 120 valence electrons. The van der Waals surface area contributed by atoms with E-state index >= 15 is 0 Å². The highest BCUT2D eigenvalue weighted by Crippen LogP contribution is 2.53. The van der Waals surface area contributed by atoms with Crippen molar-refractivity contribution in [2.45, 2.75) is 52.7 Å². The Morgan fingerprint density at radius 3 is 2.00 bits per heavy atom. The molecule has 0 saturated carbocycles. The second kappa shape index (κ2) is 7.98. The number of para-hydroxylation sites is 1. The van der Waals surface area contributed by atoms with Gasteiger partial charge in [-0.2, -0.15) is 0 Å². The molecule has 0 N–H and O–H groups in total. The van der Waals surface area contributed by atoms with Crippen LogP contribution in [0.4, 0.5) is 0 Å². The standard InChI is InChI=1S/C16H27O4P/c1-12(2)19-21(17,20-13(3)4)11-14(5)15-9-7-8-10-16(15)18-6/h7-10,12-14H,11H2,1-6H3/t14-/m1/s1. The molecule has 1 rings (SSSR count). The second-order valence-electron chi connectivity index (χ2n) is 5.74. The fraction of sp³-hybridized carbons (Fsp3) is 0.625. The monoisotopic (exact) mass is 314 g/mol. The third-order valence-corrected chi connectivity index (χ3v) is 5.39. The molecule has 0 bridgehead atoms. The molecular weight excluding hydrogens is 287 g/mol. The molecular formula is C16H27O4P. The zero-order valence-corrected chi connectivity index (χ0v) is 14.7. The van der Waals surface area contributed by atoms with Crippen LogP contribution in [-0.2, 0) is 13.6 Å². The molecule has 0 amide bonds. The quantitative estimate of drug-likeness (QED) is 0.644. The van der Waals surface area contributed by atoms with E-state index in [1.54, 1.807) is 7.11 Å². The molecule has 21 heavy (non-hydrogen) atoms. The van der Waals surface area contributed by atoms with Gasteiger partial charge in [-0.25, -0.2) is 0 Å². The van der Waals surface area contributed by atoms with Crippen molar-refractivity contribution in [1.29, 1.82) is 0 Å². The van der Waals surface area contributed by atoms with Gasteiger partial charge in [-0.1, -0.05) is 25.1 Å². The van der Waals surface area contributed by atoms with E-state index in [9.17, 15) is 4.57 Å². The molecule has 1 aromatic rings. The summed E-state index contributed by atoms with van der Waals surface area (Å²) in [7, 11) is -1.50. The Hall–Kier alpha value is -0.830. The van der Waals surface area contributed by atoms with E-state index in [1.165, 1.54) is 0 Å². The van der Waals surface area contributed by atoms with Crippen molar-refractivity contribution in [3.05, 3.63) is 29.8 Å². The summed E-state index contributed by atoms with van der Waals surface area (Å²) in [5.41, 5.74) is 1.01. The zero-order chi connectivity index (χ0) is 16.0. The molecule has 0 saturated heterocycles. The fourth-order valence-corrected chi connectivity index (χ4v) is 4.63. The van der Waals surface area contributed by atoms with Gasteiger partial charge >= 0.3 is 7.60 Å². The first-order valence-corrected chi connectivity index (χ1v) is 9.09. The highest BCUT2D eigenvalue weighted by atomic mass is 31.2. The van der Waals surface area contributed by atoms with E-state index in [4.69, 9.17) is 13.8 Å². The number of hydrogen-bond donors (Lipinski definition) is 0. The lowest BCUT2D eigenvalue weighted by Crippen LogP contribution is -2.13. The minimum absolute atomic E-state index is 0.0180. The van der Waals surface area contributed by atoms with E-state index in [2.05, 4.69) is 0 Å². The highest BCUT2D eigenvalue weighted by Gasteiger charge is 2.31. The lowest BCUT2D eigenvalue weighted by Gasteiger charge is -2.26. The van der Waals surface area contributed by atoms with E-state index < -0.39 is 7.60 Å². The molecule has 0 radical (unpaired) electrons. The van der Waals surface area contributed by atoms with Crippen molar-refractivity contribution in [3.8, 4) is 5.75 Å². The predicted octanol–water partition coefficient (Wildman–Crippen LogP) is 4.84. The smallest absolute Gasteiger partial charge is 0.331 e. The second-order valence-corrected chi connectivity index (χ2v) is 7.75. The van der Waals surface area contributed by atoms with E-state index in [1.807, 2.05) is 58.9 Å². The first-order chi connectivity index (χ1) is 9.77. The predicted molar refractivity (Wildman–Crippen MR) is 86.3 cm³/mol. The lowest BCUT2D eigenvalue weighted by atomic mass is 10.0. The summed E-state index contributed by atoms with van der Waals surface area (Å²) in [6.07, 6.45) is 0.0582. The maximum Gasteiger partial charge on any atom is 0.331 e. The van der Waals surface area contributed by atoms with Gasteiger partial charge in [0.2, 0.25) is 0 Å². The average Bonchev–Trinajstić information content (AvgIpc) is 2.35. The molecule has 4 nitrogen and oxygen atoms in total. The number of ether oxygens (including phenoxy) is 1. The third-order valence-electron chi connectivity index (χ3n) is 2.91. The van der Waals surface area contributed by atoms with Crippen molar-refractivity contribution < 1.29 is 18.3 Å². The average molecular weight is 314 g/mol. The van der Waals surface area contributed by atoms with Crippen molar-refractivity contribution in [1.82, 2.24) is 0 Å². The van der Waals surface area contributed by atoms with Crippen molar-refractivity contribution >= 4 is 7.60 Å². The highest BCUT2D eigenvalue weighted by molar-refractivity contribution is 7.53. The van der Waals surface area contributed by atoms with Crippen LogP contribution in [0.1, 0.15) is 46.1 Å². The summed E-state index contributed by atoms with van der Waals surface area (Å²) in [6.45, 7) is 9.47. The Balaban J connectivity index is 2.94. The summed E-state index contributed by atoms with van der Waals surface area (Å²) in [4.78, 5) is 0. The Morgan fingerprint density at radius 1 is 1.00 bits per heavy atom. The number of methoxy groups -OCH3 is 1. The number of benzene rings is 1. The van der Waals surface area contributed by atoms with Crippen LogP contribution in [0.25, 0.3) is 0 Å². The van der Waals surface area contributed by atoms with Crippen LogP contribution >= 0.6 is 7.60 Å². The molecule has 0 heterocycles. The summed E-state index contributed by atoms with van der Waals surface area (Å²) in [5.74, 6) is 0.815. The van der Waals surface area contributed by atoms with Crippen molar-refractivity contribution in [3.63, 3.8) is 0 Å². The van der Waals surface area contributed by atoms with Gasteiger partial charge in [0.1, 0.15) is 5.75 Å². The molecule has 0 spiro atoms. The van der Waals surface area contributed by atoms with Gasteiger partial charge < -0.3 is 13.8 Å². The van der Waals surface area contributed by atoms with Crippen LogP contribution in [0.3, 0.4) is 0 Å². The van der Waals surface area contributed by atoms with Crippen LogP contribution in [0.15, 0.2) is 24.3 Å². The summed E-state index contributed by atoms with van der Waals surface area (Å²) in [6, 6.07) is 7.76. The van der Waals surface area contributed by atoms with Crippen LogP contribution in [0, 0.1) is 0 Å². The Labute approximate surface area is 128 Å². The number of rotatable bonds is 8. The molecule has 0 unspecified atom stereocenters. The van der Waals surface area contributed by atoms with Gasteiger partial charge in [0, 0.05) is 0 Å². The minimum Gasteiger partial charge on any atom is -0.496 e. The summed E-state index contributed by atoms with van der Waals surface area (Å²) < 4.78 is 29.5. The maximum atomic E-state index is 12.9. The minimum atomic E-state index is -3.14. The van der Waals surface area contributed by atoms with E-state index in [0.717, 1.165) is 11.3 Å². The molecule has 5 heteroatoms. The van der Waals surface area contributed by atoms with Crippen LogP contribution in [0.2, 0.25) is 0 Å². The molecule has 1 atom stereocenters. The Morgan fingerprint density at radius 2 is 1.52 bits per heavy atom. The van der Waals surface area contributed by atoms with E-state index in [0.29, 0.717) is 6.16 Å². The number of hydrogen-bond acceptors (Lipinski definition) is 4. The van der Waals surface area contributed by atoms with Crippen molar-refractivity contribution in [2.75, 3.05) is 13.3 Å². The lowest BCUT2D eigenvalue weighted by molar-refractivity contribution is 0.141. The third kappa shape index (κ3) is 5.82. The summed E-state index contributed by atoms with van der Waals surface area (Å²) >= 11 is 0. The normalized spacial score (nSPS) is 13.7. The first-order valence-electron chi connectivity index (χ1n) is 7.36. The molecule has 0 aliphatic carbocycles. The Kier molecular flexibility index (Phi) is 6.92. The molecule has 0 aliphatic rings. The van der Waals surface area contributed by atoms with Gasteiger partial charge in [0.05, 0.1) is 25.5 Å². The fourth-order valence-electron chi connectivity index (χ4n) is 2.26. The molecule has 0 fully saturated rings. The topological polar surface area (TPSA) is 44.8 Å². The molecule has 1 aromatic carbocycles. The summed E-state index contributed by atoms with van der Waals surface area (Å²) in [5, 5.41) is 0. The Bertz CT molecular complexity index is 471. The zero-order valence-electron chi connectivity index (χ0n) is 13.8. The largest absolute Gasteiger partial charge is 0.496 e. The maximum absolute atomic E-state index is 12.9. The van der Waals surface area contributed by atoms with Crippen molar-refractivity contribution in [2.24, 2.45) is 0 Å². The van der Waals surface area contributed by atoms with Crippen LogP contribution in [-0.4, -0.2) is 25.5 Å². The van der Waals surface area contributed by atoms with Gasteiger partial charge in [-0.15, -0.1) is 0 Å². The van der Waals surface area contributed by atoms with Gasteiger partial charge in [0.25, 0.3) is 0 Å². The molecule has 0 aliphatic heterocycles. The van der Waals surface area contributed by atoms with Crippen LogP contribution < -0.4 is 4.74 Å². The SMILES string of the molecule is COc1ccccc1[C@H](C)CP(=O)(OC(C)C)OC(C)C. The van der Waals surface area contributed by atoms with Gasteiger partial charge in [-0.05, 0) is 45.2 Å². The molecule has 0 aromatic heterocycles. The van der Waals surface area contributed by atoms with Gasteiger partial charge in [-0.3, -0.25) is 4.57 Å². The first kappa shape index (κ1) is 18.2.